The molecule has 8 heteroatoms. The summed E-state index contributed by atoms with van der Waals surface area (Å²) in [6, 6.07) is 23.0. The van der Waals surface area contributed by atoms with Crippen molar-refractivity contribution in [1.29, 1.82) is 0 Å². The monoisotopic (exact) mass is 527 g/mol. The molecular formula is C31H33N3O5. The lowest BCUT2D eigenvalue weighted by Gasteiger charge is -2.32. The van der Waals surface area contributed by atoms with Crippen molar-refractivity contribution in [2.75, 3.05) is 20.2 Å². The zero-order valence-electron chi connectivity index (χ0n) is 22.3. The van der Waals surface area contributed by atoms with Gasteiger partial charge in [0, 0.05) is 32.5 Å². The molecule has 0 unspecified atom stereocenters. The number of nitrogens with zero attached hydrogens (tertiary/aromatic N) is 2. The summed E-state index contributed by atoms with van der Waals surface area (Å²) in [4.78, 5) is 55.3. The van der Waals surface area contributed by atoms with E-state index >= 15 is 0 Å². The van der Waals surface area contributed by atoms with Crippen molar-refractivity contribution < 1.29 is 23.9 Å². The van der Waals surface area contributed by atoms with Gasteiger partial charge < -0.3 is 15.0 Å². The number of hydrogen-bond acceptors (Lipinski definition) is 5. The summed E-state index contributed by atoms with van der Waals surface area (Å²) in [7, 11) is 1.58. The summed E-state index contributed by atoms with van der Waals surface area (Å²) in [5, 5.41) is 2.88. The predicted octanol–water partition coefficient (Wildman–Crippen LogP) is 3.85. The third kappa shape index (κ3) is 6.52. The number of amides is 4. The molecule has 0 spiro atoms. The molecule has 1 atom stereocenters. The Morgan fingerprint density at radius 2 is 1.54 bits per heavy atom. The topological polar surface area (TPSA) is 96.0 Å². The van der Waals surface area contributed by atoms with Crippen LogP contribution in [0.3, 0.4) is 0 Å². The molecule has 39 heavy (non-hydrogen) atoms. The first kappa shape index (κ1) is 27.6. The van der Waals surface area contributed by atoms with Gasteiger partial charge in [0.15, 0.2) is 0 Å². The zero-order chi connectivity index (χ0) is 27.8. The van der Waals surface area contributed by atoms with E-state index in [0.29, 0.717) is 29.8 Å². The highest BCUT2D eigenvalue weighted by Gasteiger charge is 2.35. The van der Waals surface area contributed by atoms with E-state index in [1.54, 1.807) is 36.3 Å². The van der Waals surface area contributed by atoms with Crippen LogP contribution in [0, 0.1) is 0 Å². The molecule has 8 nitrogen and oxygen atoms in total. The molecular weight excluding hydrogens is 494 g/mol. The van der Waals surface area contributed by atoms with Crippen LogP contribution in [0.5, 0.6) is 5.75 Å². The molecule has 0 radical (unpaired) electrons. The predicted molar refractivity (Wildman–Crippen MR) is 147 cm³/mol. The van der Waals surface area contributed by atoms with Gasteiger partial charge in [0.1, 0.15) is 11.8 Å². The third-order valence-corrected chi connectivity index (χ3v) is 6.76. The van der Waals surface area contributed by atoms with E-state index in [0.717, 1.165) is 11.1 Å². The summed E-state index contributed by atoms with van der Waals surface area (Å²) in [5.41, 5.74) is 2.52. The lowest BCUT2D eigenvalue weighted by atomic mass is 10.0. The van der Waals surface area contributed by atoms with Gasteiger partial charge in [-0.05, 0) is 48.7 Å². The van der Waals surface area contributed by atoms with Crippen molar-refractivity contribution in [2.45, 2.75) is 38.8 Å². The van der Waals surface area contributed by atoms with Crippen molar-refractivity contribution in [1.82, 2.24) is 15.1 Å². The van der Waals surface area contributed by atoms with Crippen LogP contribution in [-0.2, 0) is 22.6 Å². The summed E-state index contributed by atoms with van der Waals surface area (Å²) in [6.07, 6.45) is 0.704. The normalized spacial score (nSPS) is 13.1. The molecule has 1 aliphatic heterocycles. The number of carbonyl (C=O) groups is 4. The highest BCUT2D eigenvalue weighted by molar-refractivity contribution is 6.21. The average molecular weight is 528 g/mol. The number of rotatable bonds is 12. The summed E-state index contributed by atoms with van der Waals surface area (Å²) >= 11 is 0. The fraction of sp³-hybridized carbons (Fsp3) is 0.290. The van der Waals surface area contributed by atoms with Crippen molar-refractivity contribution in [3.63, 3.8) is 0 Å². The van der Waals surface area contributed by atoms with Gasteiger partial charge in [-0.3, -0.25) is 24.1 Å². The maximum atomic E-state index is 13.7. The van der Waals surface area contributed by atoms with Gasteiger partial charge in [-0.2, -0.15) is 0 Å². The number of fused-ring (bicyclic) bond motifs is 1. The van der Waals surface area contributed by atoms with Crippen molar-refractivity contribution in [2.24, 2.45) is 0 Å². The summed E-state index contributed by atoms with van der Waals surface area (Å²) in [6.45, 7) is 2.60. The largest absolute Gasteiger partial charge is 0.497 e. The van der Waals surface area contributed by atoms with E-state index < -0.39 is 6.04 Å². The Bertz CT molecular complexity index is 1310. The van der Waals surface area contributed by atoms with Crippen LogP contribution in [0.4, 0.5) is 0 Å². The number of imide groups is 1. The lowest BCUT2D eigenvalue weighted by molar-refractivity contribution is -0.141. The number of methoxy groups -OCH3 is 1. The molecule has 0 bridgehead atoms. The Labute approximate surface area is 228 Å². The second-order valence-electron chi connectivity index (χ2n) is 9.38. The fourth-order valence-corrected chi connectivity index (χ4v) is 4.79. The number of carbonyl (C=O) groups excluding carboxylic acids is 4. The number of nitrogens with one attached hydrogen (secondary N) is 1. The van der Waals surface area contributed by atoms with Crippen LogP contribution in [0.25, 0.3) is 0 Å². The number of hydrogen-bond donors (Lipinski definition) is 1. The maximum Gasteiger partial charge on any atom is 0.261 e. The van der Waals surface area contributed by atoms with Crippen LogP contribution in [-0.4, -0.2) is 59.7 Å². The smallest absolute Gasteiger partial charge is 0.261 e. The van der Waals surface area contributed by atoms with Crippen LogP contribution in [0.1, 0.15) is 51.6 Å². The molecule has 0 fully saturated rings. The molecule has 202 valence electrons. The highest BCUT2D eigenvalue weighted by atomic mass is 16.5. The van der Waals surface area contributed by atoms with E-state index in [1.165, 1.54) is 4.90 Å². The molecule has 0 saturated heterocycles. The van der Waals surface area contributed by atoms with Gasteiger partial charge in [0.2, 0.25) is 11.8 Å². The molecule has 3 aromatic carbocycles. The van der Waals surface area contributed by atoms with Crippen LogP contribution < -0.4 is 10.1 Å². The lowest BCUT2D eigenvalue weighted by Crippen LogP contribution is -2.50. The molecule has 1 N–H and O–H groups in total. The molecule has 0 aromatic heterocycles. The SMILES string of the molecule is CCNC(=O)[C@@H](Cc1ccccc1)N(Cc1cccc(OC)c1)C(=O)CCCN1C(=O)c2ccccc2C1=O. The third-order valence-electron chi connectivity index (χ3n) is 6.76. The summed E-state index contributed by atoms with van der Waals surface area (Å²) in [5.74, 6) is -0.510. The number of benzene rings is 3. The van der Waals surface area contributed by atoms with E-state index in [4.69, 9.17) is 4.74 Å². The van der Waals surface area contributed by atoms with Gasteiger partial charge in [-0.25, -0.2) is 0 Å². The molecule has 1 aliphatic rings. The minimum absolute atomic E-state index is 0.0715. The van der Waals surface area contributed by atoms with Gasteiger partial charge in [-0.15, -0.1) is 0 Å². The first-order valence-corrected chi connectivity index (χ1v) is 13.1. The maximum absolute atomic E-state index is 13.7. The Morgan fingerprint density at radius 3 is 2.18 bits per heavy atom. The minimum Gasteiger partial charge on any atom is -0.497 e. The Hall–Kier alpha value is -4.46. The van der Waals surface area contributed by atoms with Crippen LogP contribution in [0.2, 0.25) is 0 Å². The van der Waals surface area contributed by atoms with Crippen LogP contribution >= 0.6 is 0 Å². The summed E-state index contributed by atoms with van der Waals surface area (Å²) < 4.78 is 5.36. The number of ether oxygens (including phenoxy) is 1. The van der Waals surface area contributed by atoms with Crippen molar-refractivity contribution in [3.05, 3.63) is 101 Å². The Balaban J connectivity index is 1.54. The van der Waals surface area contributed by atoms with Crippen molar-refractivity contribution in [3.8, 4) is 5.75 Å². The molecule has 4 amide bonds. The van der Waals surface area contributed by atoms with E-state index in [-0.39, 0.29) is 49.6 Å². The minimum atomic E-state index is -0.745. The van der Waals surface area contributed by atoms with E-state index in [2.05, 4.69) is 5.32 Å². The second-order valence-corrected chi connectivity index (χ2v) is 9.38. The van der Waals surface area contributed by atoms with E-state index in [9.17, 15) is 19.2 Å². The average Bonchev–Trinajstić information content (AvgIpc) is 3.20. The van der Waals surface area contributed by atoms with Crippen LogP contribution in [0.15, 0.2) is 78.9 Å². The Kier molecular flexibility index (Phi) is 9.10. The quantitative estimate of drug-likeness (QED) is 0.361. The standard InChI is InChI=1S/C31H33N3O5/c1-3-32-29(36)27(20-22-11-5-4-6-12-22)34(21-23-13-9-14-24(19-23)39-2)28(35)17-10-18-33-30(37)25-15-7-8-16-26(25)31(33)38/h4-9,11-16,19,27H,3,10,17-18,20-21H2,1-2H3,(H,32,36)/t27-/m1/s1. The molecule has 4 rings (SSSR count). The fourth-order valence-electron chi connectivity index (χ4n) is 4.79. The molecule has 0 aliphatic carbocycles. The molecule has 1 heterocycles. The highest BCUT2D eigenvalue weighted by Crippen LogP contribution is 2.24. The Morgan fingerprint density at radius 1 is 0.897 bits per heavy atom. The first-order chi connectivity index (χ1) is 18.9. The van der Waals surface area contributed by atoms with Gasteiger partial charge >= 0.3 is 0 Å². The zero-order valence-corrected chi connectivity index (χ0v) is 22.3. The van der Waals surface area contributed by atoms with Gasteiger partial charge in [0.05, 0.1) is 18.2 Å². The number of likely N-dealkylation sites (N-methyl/N-ethyl adjacent to an activating group) is 1. The van der Waals surface area contributed by atoms with E-state index in [1.807, 2.05) is 61.5 Å². The van der Waals surface area contributed by atoms with Crippen molar-refractivity contribution >= 4 is 23.6 Å². The first-order valence-electron chi connectivity index (χ1n) is 13.1. The molecule has 0 saturated carbocycles. The van der Waals surface area contributed by atoms with Gasteiger partial charge in [-0.1, -0.05) is 54.6 Å². The molecule has 3 aromatic rings. The second kappa shape index (κ2) is 12.9. The van der Waals surface area contributed by atoms with Gasteiger partial charge in [0.25, 0.3) is 11.8 Å².